The van der Waals surface area contributed by atoms with Gasteiger partial charge in [-0.15, -0.1) is 0 Å². The molecule has 0 bridgehead atoms. The quantitative estimate of drug-likeness (QED) is 0.748. The minimum absolute atomic E-state index is 0.102. The summed E-state index contributed by atoms with van der Waals surface area (Å²) in [6.45, 7) is 6.81. The molecule has 166 valence electrons. The average Bonchev–Trinajstić information content (AvgIpc) is 3.03. The van der Waals surface area contributed by atoms with Crippen LogP contribution in [0.2, 0.25) is 0 Å². The van der Waals surface area contributed by atoms with Gasteiger partial charge in [0.1, 0.15) is 0 Å². The van der Waals surface area contributed by atoms with Gasteiger partial charge in [0.25, 0.3) is 11.8 Å². The fraction of sp³-hybridized carbons (Fsp3) is 0.360. The summed E-state index contributed by atoms with van der Waals surface area (Å²) >= 11 is 0. The molecule has 1 saturated heterocycles. The molecule has 0 aromatic heterocycles. The Balaban J connectivity index is 1.42. The van der Waals surface area contributed by atoms with Crippen molar-refractivity contribution < 1.29 is 19.2 Å². The van der Waals surface area contributed by atoms with Crippen LogP contribution in [-0.4, -0.2) is 41.6 Å². The van der Waals surface area contributed by atoms with Crippen LogP contribution in [0, 0.1) is 11.3 Å². The van der Waals surface area contributed by atoms with Gasteiger partial charge < -0.3 is 10.2 Å². The summed E-state index contributed by atoms with van der Waals surface area (Å²) in [6, 6.07) is 13.5. The van der Waals surface area contributed by atoms with Crippen molar-refractivity contribution in [3.8, 4) is 0 Å². The molecule has 0 unspecified atom stereocenters. The number of nitrogens with zero attached hydrogens (tertiary/aromatic N) is 2. The van der Waals surface area contributed by atoms with E-state index in [9.17, 15) is 19.2 Å². The van der Waals surface area contributed by atoms with Crippen LogP contribution < -0.4 is 10.2 Å². The molecular weight excluding hydrogens is 406 g/mol. The van der Waals surface area contributed by atoms with E-state index in [0.29, 0.717) is 48.4 Å². The predicted molar refractivity (Wildman–Crippen MR) is 121 cm³/mol. The molecule has 2 aliphatic heterocycles. The number of rotatable bonds is 3. The van der Waals surface area contributed by atoms with Crippen molar-refractivity contribution in [2.75, 3.05) is 23.3 Å². The second-order valence-electron chi connectivity index (χ2n) is 9.35. The zero-order chi connectivity index (χ0) is 23.0. The Morgan fingerprint density at radius 3 is 2.06 bits per heavy atom. The van der Waals surface area contributed by atoms with E-state index in [1.165, 1.54) is 0 Å². The van der Waals surface area contributed by atoms with Crippen LogP contribution >= 0.6 is 0 Å². The van der Waals surface area contributed by atoms with E-state index in [4.69, 9.17) is 0 Å². The van der Waals surface area contributed by atoms with Gasteiger partial charge in [-0.3, -0.25) is 19.2 Å². The Morgan fingerprint density at radius 2 is 1.50 bits per heavy atom. The summed E-state index contributed by atoms with van der Waals surface area (Å²) in [5.74, 6) is -0.950. The van der Waals surface area contributed by atoms with Crippen molar-refractivity contribution in [2.45, 2.75) is 33.6 Å². The molecule has 32 heavy (non-hydrogen) atoms. The first-order valence-electron chi connectivity index (χ1n) is 10.8. The molecule has 4 amide bonds. The van der Waals surface area contributed by atoms with E-state index in [0.717, 1.165) is 4.90 Å². The van der Waals surface area contributed by atoms with Crippen LogP contribution in [0.3, 0.4) is 0 Å². The van der Waals surface area contributed by atoms with E-state index < -0.39 is 5.41 Å². The highest BCUT2D eigenvalue weighted by atomic mass is 16.2. The smallest absolute Gasteiger partial charge is 0.266 e. The van der Waals surface area contributed by atoms with Gasteiger partial charge in [0.2, 0.25) is 11.8 Å². The number of hydrogen-bond donors (Lipinski definition) is 1. The maximum Gasteiger partial charge on any atom is 0.266 e. The molecule has 2 aliphatic rings. The van der Waals surface area contributed by atoms with E-state index in [-0.39, 0.29) is 29.5 Å². The number of carbonyl (C=O) groups is 4. The lowest BCUT2D eigenvalue weighted by Crippen LogP contribution is -2.45. The second-order valence-corrected chi connectivity index (χ2v) is 9.35. The van der Waals surface area contributed by atoms with Crippen LogP contribution in [0.15, 0.2) is 48.5 Å². The number of piperidine rings is 1. The molecular formula is C25H27N3O4. The largest absolute Gasteiger partial charge is 0.342 e. The fourth-order valence-corrected chi connectivity index (χ4v) is 4.21. The molecule has 0 aliphatic carbocycles. The van der Waals surface area contributed by atoms with Crippen LogP contribution in [0.4, 0.5) is 11.4 Å². The molecule has 1 N–H and O–H groups in total. The summed E-state index contributed by atoms with van der Waals surface area (Å²) in [5, 5.41) is 2.91. The van der Waals surface area contributed by atoms with Crippen LogP contribution in [0.25, 0.3) is 0 Å². The van der Waals surface area contributed by atoms with Gasteiger partial charge in [0.05, 0.1) is 16.8 Å². The molecule has 2 aromatic rings. The molecule has 2 heterocycles. The van der Waals surface area contributed by atoms with Gasteiger partial charge >= 0.3 is 0 Å². The second kappa shape index (κ2) is 8.22. The molecule has 4 rings (SSSR count). The number of carbonyl (C=O) groups excluding carboxylic acids is 4. The van der Waals surface area contributed by atoms with Crippen molar-refractivity contribution in [3.05, 3.63) is 59.7 Å². The maximum absolute atomic E-state index is 12.8. The standard InChI is InChI=1S/C25H27N3O4/c1-25(2,3)24(32)27-13-11-16(12-14-27)21(29)26-17-7-6-8-18(15-17)28-22(30)19-9-4-5-10-20(19)23(28)31/h4-10,15-16H,11-14H2,1-3H3,(H,26,29). The first kappa shape index (κ1) is 21.7. The van der Waals surface area contributed by atoms with Crippen LogP contribution in [0.1, 0.15) is 54.3 Å². The van der Waals surface area contributed by atoms with Crippen LogP contribution in [-0.2, 0) is 9.59 Å². The number of nitrogens with one attached hydrogen (secondary N) is 1. The van der Waals surface area contributed by atoms with E-state index in [1.807, 2.05) is 25.7 Å². The van der Waals surface area contributed by atoms with Gasteiger partial charge in [0.15, 0.2) is 0 Å². The Kier molecular flexibility index (Phi) is 5.59. The zero-order valence-corrected chi connectivity index (χ0v) is 18.6. The SMILES string of the molecule is CC(C)(C)C(=O)N1CCC(C(=O)Nc2cccc(N3C(=O)c4ccccc4C3=O)c2)CC1. The fourth-order valence-electron chi connectivity index (χ4n) is 4.21. The summed E-state index contributed by atoms with van der Waals surface area (Å²) in [6.07, 6.45) is 1.21. The number of fused-ring (bicyclic) bond motifs is 1. The van der Waals surface area contributed by atoms with Crippen molar-refractivity contribution in [2.24, 2.45) is 11.3 Å². The van der Waals surface area contributed by atoms with Gasteiger partial charge in [0, 0.05) is 30.1 Å². The molecule has 0 spiro atoms. The highest BCUT2D eigenvalue weighted by Crippen LogP contribution is 2.30. The van der Waals surface area contributed by atoms with Crippen LogP contribution in [0.5, 0.6) is 0 Å². The Labute approximate surface area is 187 Å². The summed E-state index contributed by atoms with van der Waals surface area (Å²) < 4.78 is 0. The summed E-state index contributed by atoms with van der Waals surface area (Å²) in [5.41, 5.74) is 1.27. The van der Waals surface area contributed by atoms with Crippen molar-refractivity contribution in [3.63, 3.8) is 0 Å². The van der Waals surface area contributed by atoms with Gasteiger partial charge in [-0.2, -0.15) is 0 Å². The minimum Gasteiger partial charge on any atom is -0.342 e. The highest BCUT2D eigenvalue weighted by molar-refractivity contribution is 6.34. The summed E-state index contributed by atoms with van der Waals surface area (Å²) in [4.78, 5) is 53.7. The third kappa shape index (κ3) is 4.02. The number of likely N-dealkylation sites (tertiary alicyclic amines) is 1. The first-order chi connectivity index (χ1) is 15.2. The average molecular weight is 434 g/mol. The van der Waals surface area contributed by atoms with Gasteiger partial charge in [-0.25, -0.2) is 4.90 Å². The number of amides is 4. The van der Waals surface area contributed by atoms with E-state index in [2.05, 4.69) is 5.32 Å². The summed E-state index contributed by atoms with van der Waals surface area (Å²) in [7, 11) is 0. The lowest BCUT2D eigenvalue weighted by Gasteiger charge is -2.35. The molecule has 7 nitrogen and oxygen atoms in total. The topological polar surface area (TPSA) is 86.8 Å². The van der Waals surface area contributed by atoms with Crippen molar-refractivity contribution >= 4 is 35.0 Å². The normalized spacial score (nSPS) is 16.8. The van der Waals surface area contributed by atoms with Gasteiger partial charge in [-0.05, 0) is 43.2 Å². The lowest BCUT2D eigenvalue weighted by atomic mass is 9.90. The molecule has 1 fully saturated rings. The Morgan fingerprint density at radius 1 is 0.906 bits per heavy atom. The number of imide groups is 1. The predicted octanol–water partition coefficient (Wildman–Crippen LogP) is 3.71. The molecule has 0 saturated carbocycles. The minimum atomic E-state index is -0.431. The van der Waals surface area contributed by atoms with Crippen molar-refractivity contribution in [1.82, 2.24) is 4.90 Å². The maximum atomic E-state index is 12.8. The molecule has 7 heteroatoms. The molecule has 2 aromatic carbocycles. The Bertz CT molecular complexity index is 1060. The van der Waals surface area contributed by atoms with E-state index in [1.54, 1.807) is 48.5 Å². The number of benzene rings is 2. The molecule has 0 atom stereocenters. The third-order valence-corrected chi connectivity index (χ3v) is 5.96. The highest BCUT2D eigenvalue weighted by Gasteiger charge is 2.36. The number of hydrogen-bond acceptors (Lipinski definition) is 4. The van der Waals surface area contributed by atoms with Gasteiger partial charge in [-0.1, -0.05) is 39.0 Å². The Hall–Kier alpha value is -3.48. The van der Waals surface area contributed by atoms with Crippen molar-refractivity contribution in [1.29, 1.82) is 0 Å². The van der Waals surface area contributed by atoms with E-state index >= 15 is 0 Å². The zero-order valence-electron chi connectivity index (χ0n) is 18.6. The number of anilines is 2. The lowest BCUT2D eigenvalue weighted by molar-refractivity contribution is -0.142. The monoisotopic (exact) mass is 433 g/mol. The third-order valence-electron chi connectivity index (χ3n) is 5.96. The first-order valence-corrected chi connectivity index (χ1v) is 10.8. The molecule has 0 radical (unpaired) electrons.